The van der Waals surface area contributed by atoms with Gasteiger partial charge in [-0.2, -0.15) is 0 Å². The predicted molar refractivity (Wildman–Crippen MR) is 64.8 cm³/mol. The van der Waals surface area contributed by atoms with Crippen LogP contribution in [0.25, 0.3) is 0 Å². The van der Waals surface area contributed by atoms with Crippen LogP contribution < -0.4 is 16.8 Å². The average molecular weight is 235 g/mol. The van der Waals surface area contributed by atoms with Crippen molar-refractivity contribution in [3.8, 4) is 0 Å². The van der Waals surface area contributed by atoms with Gasteiger partial charge in [-0.1, -0.05) is 30.3 Å². The zero-order chi connectivity index (χ0) is 12.7. The Balaban J connectivity index is 2.35. The van der Waals surface area contributed by atoms with Gasteiger partial charge in [-0.15, -0.1) is 0 Å². The highest BCUT2D eigenvalue weighted by molar-refractivity contribution is 5.82. The Morgan fingerprint density at radius 1 is 1.24 bits per heavy atom. The summed E-state index contributed by atoms with van der Waals surface area (Å²) in [6.45, 7) is 0.405. The van der Waals surface area contributed by atoms with Crippen LogP contribution >= 0.6 is 0 Å². The Kier molecular flexibility index (Phi) is 5.16. The molecule has 5 heteroatoms. The minimum atomic E-state index is -0.676. The molecule has 0 saturated carbocycles. The molecule has 5 N–H and O–H groups in total. The van der Waals surface area contributed by atoms with E-state index in [1.165, 1.54) is 0 Å². The van der Waals surface area contributed by atoms with Crippen LogP contribution in [-0.2, 0) is 9.59 Å². The topological polar surface area (TPSA) is 98.2 Å². The molecule has 0 fully saturated rings. The van der Waals surface area contributed by atoms with E-state index in [1.54, 1.807) is 12.1 Å². The first-order valence-electron chi connectivity index (χ1n) is 5.48. The third kappa shape index (κ3) is 4.65. The summed E-state index contributed by atoms with van der Waals surface area (Å²) >= 11 is 0. The van der Waals surface area contributed by atoms with Crippen molar-refractivity contribution in [2.75, 3.05) is 6.54 Å². The standard InChI is InChI=1S/C12H17N3O2/c13-10(16)7-4-8-15-12(17)11(14)9-5-2-1-3-6-9/h1-3,5-6,11H,4,7-8,14H2,(H2,13,16)(H,15,17). The highest BCUT2D eigenvalue weighted by Gasteiger charge is 2.14. The quantitative estimate of drug-likeness (QED) is 0.608. The second kappa shape index (κ2) is 6.65. The monoisotopic (exact) mass is 235 g/mol. The molecule has 0 saturated heterocycles. The highest BCUT2D eigenvalue weighted by Crippen LogP contribution is 2.08. The van der Waals surface area contributed by atoms with Gasteiger partial charge in [0.1, 0.15) is 6.04 Å². The number of hydrogen-bond donors (Lipinski definition) is 3. The van der Waals surface area contributed by atoms with E-state index in [4.69, 9.17) is 11.5 Å². The van der Waals surface area contributed by atoms with E-state index < -0.39 is 6.04 Å². The van der Waals surface area contributed by atoms with Crippen molar-refractivity contribution >= 4 is 11.8 Å². The molecule has 0 aliphatic carbocycles. The maximum absolute atomic E-state index is 11.6. The van der Waals surface area contributed by atoms with E-state index in [-0.39, 0.29) is 18.2 Å². The molecule has 1 aromatic carbocycles. The molecular weight excluding hydrogens is 218 g/mol. The van der Waals surface area contributed by atoms with E-state index in [0.717, 1.165) is 5.56 Å². The second-order valence-corrected chi connectivity index (χ2v) is 3.75. The summed E-state index contributed by atoms with van der Waals surface area (Å²) in [5.74, 6) is -0.618. The van der Waals surface area contributed by atoms with Crippen molar-refractivity contribution in [3.63, 3.8) is 0 Å². The summed E-state index contributed by atoms with van der Waals surface area (Å²) in [5, 5.41) is 2.66. The van der Waals surface area contributed by atoms with Crippen molar-refractivity contribution in [1.29, 1.82) is 0 Å². The van der Waals surface area contributed by atoms with Gasteiger partial charge < -0.3 is 16.8 Å². The van der Waals surface area contributed by atoms with Crippen LogP contribution in [0.3, 0.4) is 0 Å². The maximum Gasteiger partial charge on any atom is 0.241 e. The van der Waals surface area contributed by atoms with Gasteiger partial charge in [0.2, 0.25) is 11.8 Å². The van der Waals surface area contributed by atoms with Gasteiger partial charge in [-0.25, -0.2) is 0 Å². The SMILES string of the molecule is NC(=O)CCCNC(=O)C(N)c1ccccc1. The molecule has 92 valence electrons. The Labute approximate surface area is 100 Å². The first kappa shape index (κ1) is 13.2. The van der Waals surface area contributed by atoms with Gasteiger partial charge >= 0.3 is 0 Å². The predicted octanol–water partition coefficient (Wildman–Crippen LogP) is 0.0681. The molecule has 0 radical (unpaired) electrons. The number of amides is 2. The third-order valence-electron chi connectivity index (χ3n) is 2.34. The van der Waals surface area contributed by atoms with Gasteiger partial charge in [-0.3, -0.25) is 9.59 Å². The number of carbonyl (C=O) groups excluding carboxylic acids is 2. The highest BCUT2D eigenvalue weighted by atomic mass is 16.2. The lowest BCUT2D eigenvalue weighted by Crippen LogP contribution is -2.34. The van der Waals surface area contributed by atoms with Gasteiger partial charge in [0.15, 0.2) is 0 Å². The second-order valence-electron chi connectivity index (χ2n) is 3.75. The average Bonchev–Trinajstić information content (AvgIpc) is 2.34. The molecule has 1 rings (SSSR count). The van der Waals surface area contributed by atoms with E-state index in [2.05, 4.69) is 5.32 Å². The number of carbonyl (C=O) groups is 2. The fraction of sp³-hybridized carbons (Fsp3) is 0.333. The van der Waals surface area contributed by atoms with Gasteiger partial charge in [0.25, 0.3) is 0 Å². The van der Waals surface area contributed by atoms with Gasteiger partial charge in [0, 0.05) is 13.0 Å². The van der Waals surface area contributed by atoms with Crippen molar-refractivity contribution in [2.45, 2.75) is 18.9 Å². The van der Waals surface area contributed by atoms with Crippen LogP contribution in [0.4, 0.5) is 0 Å². The maximum atomic E-state index is 11.6. The van der Waals surface area contributed by atoms with E-state index in [9.17, 15) is 9.59 Å². The molecule has 0 bridgehead atoms. The summed E-state index contributed by atoms with van der Waals surface area (Å²) in [6, 6.07) is 8.44. The Hall–Kier alpha value is -1.88. The molecular formula is C12H17N3O2. The smallest absolute Gasteiger partial charge is 0.241 e. The summed E-state index contributed by atoms with van der Waals surface area (Å²) in [6.07, 6.45) is 0.795. The van der Waals surface area contributed by atoms with Gasteiger partial charge in [0.05, 0.1) is 0 Å². The lowest BCUT2D eigenvalue weighted by atomic mass is 10.1. The largest absolute Gasteiger partial charge is 0.370 e. The molecule has 1 aromatic rings. The molecule has 0 aromatic heterocycles. The fourth-order valence-electron chi connectivity index (χ4n) is 1.40. The molecule has 5 nitrogen and oxygen atoms in total. The summed E-state index contributed by atoms with van der Waals surface area (Å²) in [7, 11) is 0. The van der Waals surface area contributed by atoms with E-state index in [1.807, 2.05) is 18.2 Å². The Morgan fingerprint density at radius 3 is 2.47 bits per heavy atom. The molecule has 17 heavy (non-hydrogen) atoms. The van der Waals surface area contributed by atoms with Crippen LogP contribution in [0.15, 0.2) is 30.3 Å². The lowest BCUT2D eigenvalue weighted by molar-refractivity contribution is -0.123. The molecule has 1 atom stereocenters. The molecule has 0 heterocycles. The Bertz CT molecular complexity index is 379. The zero-order valence-electron chi connectivity index (χ0n) is 9.56. The minimum absolute atomic E-state index is 0.249. The number of primary amides is 1. The first-order valence-corrected chi connectivity index (χ1v) is 5.48. The normalized spacial score (nSPS) is 11.8. The number of benzene rings is 1. The first-order chi connectivity index (χ1) is 8.11. The fourth-order valence-corrected chi connectivity index (χ4v) is 1.40. The van der Waals surface area contributed by atoms with E-state index in [0.29, 0.717) is 13.0 Å². The van der Waals surface area contributed by atoms with Crippen LogP contribution in [0, 0.1) is 0 Å². The third-order valence-corrected chi connectivity index (χ3v) is 2.34. The van der Waals surface area contributed by atoms with Crippen LogP contribution in [0.2, 0.25) is 0 Å². The molecule has 1 unspecified atom stereocenters. The van der Waals surface area contributed by atoms with Crippen molar-refractivity contribution in [3.05, 3.63) is 35.9 Å². The van der Waals surface area contributed by atoms with Crippen molar-refractivity contribution in [1.82, 2.24) is 5.32 Å². The molecule has 0 spiro atoms. The van der Waals surface area contributed by atoms with Crippen LogP contribution in [-0.4, -0.2) is 18.4 Å². The molecule has 0 aliphatic rings. The summed E-state index contributed by atoms with van der Waals surface area (Å²) in [4.78, 5) is 22.1. The van der Waals surface area contributed by atoms with Gasteiger partial charge in [-0.05, 0) is 12.0 Å². The molecule has 2 amide bonds. The zero-order valence-corrected chi connectivity index (χ0v) is 9.56. The van der Waals surface area contributed by atoms with Crippen molar-refractivity contribution in [2.24, 2.45) is 11.5 Å². The summed E-state index contributed by atoms with van der Waals surface area (Å²) in [5.41, 5.74) is 11.5. The van der Waals surface area contributed by atoms with Crippen LogP contribution in [0.1, 0.15) is 24.4 Å². The van der Waals surface area contributed by atoms with Crippen LogP contribution in [0.5, 0.6) is 0 Å². The molecule has 0 aliphatic heterocycles. The summed E-state index contributed by atoms with van der Waals surface area (Å²) < 4.78 is 0. The number of hydrogen-bond acceptors (Lipinski definition) is 3. The lowest BCUT2D eigenvalue weighted by Gasteiger charge is -2.12. The number of nitrogens with one attached hydrogen (secondary N) is 1. The number of rotatable bonds is 6. The number of nitrogens with two attached hydrogens (primary N) is 2. The van der Waals surface area contributed by atoms with Crippen molar-refractivity contribution < 1.29 is 9.59 Å². The Morgan fingerprint density at radius 2 is 1.88 bits per heavy atom. The minimum Gasteiger partial charge on any atom is -0.370 e. The van der Waals surface area contributed by atoms with E-state index >= 15 is 0 Å².